The molecule has 0 aliphatic carbocycles. The van der Waals surface area contributed by atoms with Crippen LogP contribution in [0.4, 0.5) is 23.2 Å². The first-order valence-electron chi connectivity index (χ1n) is 8.57. The molecule has 0 spiro atoms. The van der Waals surface area contributed by atoms with Crippen LogP contribution in [0.1, 0.15) is 28.1 Å². The van der Waals surface area contributed by atoms with Gasteiger partial charge in [-0.05, 0) is 42.3 Å². The fourth-order valence-corrected chi connectivity index (χ4v) is 3.07. The highest BCUT2D eigenvalue weighted by atomic mass is 32.2. The third kappa shape index (κ3) is 6.82. The Labute approximate surface area is 176 Å². The highest BCUT2D eigenvalue weighted by Crippen LogP contribution is 2.28. The topological polar surface area (TPSA) is 88.2 Å². The molecule has 1 aromatic carbocycles. The molecule has 164 valence electrons. The number of hydrogen-bond donors (Lipinski definition) is 2. The van der Waals surface area contributed by atoms with Crippen LogP contribution in [0.5, 0.6) is 0 Å². The van der Waals surface area contributed by atoms with Gasteiger partial charge in [0, 0.05) is 18.3 Å². The van der Waals surface area contributed by atoms with Crippen molar-refractivity contribution in [2.24, 2.45) is 0 Å². The van der Waals surface area contributed by atoms with Gasteiger partial charge in [0.2, 0.25) is 15.9 Å². The van der Waals surface area contributed by atoms with Gasteiger partial charge in [-0.3, -0.25) is 9.52 Å². The number of sulfonamides is 1. The number of nitrogens with one attached hydrogen (secondary N) is 2. The second-order valence-corrected chi connectivity index (χ2v) is 8.19. The summed E-state index contributed by atoms with van der Waals surface area (Å²) >= 11 is 0. The molecule has 0 bridgehead atoms. The van der Waals surface area contributed by atoms with E-state index >= 15 is 0 Å². The van der Waals surface area contributed by atoms with Crippen molar-refractivity contribution in [3.8, 4) is 12.3 Å². The average Bonchev–Trinajstić information content (AvgIpc) is 2.65. The summed E-state index contributed by atoms with van der Waals surface area (Å²) in [7, 11) is -3.75. The molecule has 1 aromatic heterocycles. The normalized spacial score (nSPS) is 11.9. The monoisotopic (exact) mass is 455 g/mol. The maximum absolute atomic E-state index is 14.2. The molecule has 11 heteroatoms. The van der Waals surface area contributed by atoms with Crippen molar-refractivity contribution in [1.29, 1.82) is 0 Å². The minimum absolute atomic E-state index is 0.0448. The van der Waals surface area contributed by atoms with Gasteiger partial charge in [-0.1, -0.05) is 12.0 Å². The summed E-state index contributed by atoms with van der Waals surface area (Å²) in [5.74, 6) is 0.667. The quantitative estimate of drug-likeness (QED) is 0.398. The Morgan fingerprint density at radius 3 is 2.52 bits per heavy atom. The van der Waals surface area contributed by atoms with Gasteiger partial charge in [-0.2, -0.15) is 13.2 Å². The molecule has 0 saturated heterocycles. The lowest BCUT2D eigenvalue weighted by molar-refractivity contribution is -0.141. The van der Waals surface area contributed by atoms with Gasteiger partial charge in [0.25, 0.3) is 0 Å². The van der Waals surface area contributed by atoms with Gasteiger partial charge in [-0.15, -0.1) is 6.42 Å². The fraction of sp³-hybridized carbons (Fsp3) is 0.200. The number of rotatable bonds is 6. The summed E-state index contributed by atoms with van der Waals surface area (Å²) in [6, 6.07) is 4.35. The number of anilines is 1. The minimum atomic E-state index is -4.57. The highest BCUT2D eigenvalue weighted by molar-refractivity contribution is 7.92. The van der Waals surface area contributed by atoms with Crippen molar-refractivity contribution in [2.45, 2.75) is 19.6 Å². The molecule has 2 N–H and O–H groups in total. The van der Waals surface area contributed by atoms with Crippen LogP contribution in [0.3, 0.4) is 0 Å². The molecule has 31 heavy (non-hydrogen) atoms. The van der Waals surface area contributed by atoms with Crippen LogP contribution in [0.15, 0.2) is 30.3 Å². The van der Waals surface area contributed by atoms with Crippen LogP contribution in [-0.2, 0) is 27.5 Å². The van der Waals surface area contributed by atoms with Crippen LogP contribution in [0.25, 0.3) is 6.08 Å². The maximum Gasteiger partial charge on any atom is 0.433 e. The highest BCUT2D eigenvalue weighted by Gasteiger charge is 2.32. The third-order valence-corrected chi connectivity index (χ3v) is 4.47. The molecule has 0 fully saturated rings. The Morgan fingerprint density at radius 2 is 1.97 bits per heavy atom. The zero-order chi connectivity index (χ0) is 23.4. The molecule has 1 amide bonds. The van der Waals surface area contributed by atoms with E-state index in [4.69, 9.17) is 6.42 Å². The Morgan fingerprint density at radius 1 is 1.29 bits per heavy atom. The Balaban J connectivity index is 2.09. The van der Waals surface area contributed by atoms with Gasteiger partial charge in [0.05, 0.1) is 17.5 Å². The summed E-state index contributed by atoms with van der Waals surface area (Å²) in [4.78, 5) is 15.5. The molecular formula is C20H17F4N3O3S. The van der Waals surface area contributed by atoms with Crippen molar-refractivity contribution < 1.29 is 30.8 Å². The van der Waals surface area contributed by atoms with E-state index in [1.54, 1.807) is 0 Å². The molecule has 0 unspecified atom stereocenters. The average molecular weight is 455 g/mol. The van der Waals surface area contributed by atoms with Crippen molar-refractivity contribution in [2.75, 3.05) is 11.0 Å². The standard InChI is InChI=1S/C20H17F4N3O3S/c1-4-14-9-13(10-16(21)19(14)27-31(3,29)30)11-25-18(28)8-6-15-5-7-17(20(22,23)24)26-12(15)2/h1,5-10,27H,11H2,2-3H3,(H,25,28)/b8-6+. The van der Waals surface area contributed by atoms with Crippen LogP contribution in [-0.4, -0.2) is 25.6 Å². The Bertz CT molecular complexity index is 1180. The number of alkyl halides is 3. The van der Waals surface area contributed by atoms with Crippen molar-refractivity contribution in [3.05, 3.63) is 64.2 Å². The van der Waals surface area contributed by atoms with Gasteiger partial charge in [-0.25, -0.2) is 17.8 Å². The van der Waals surface area contributed by atoms with E-state index in [1.807, 2.05) is 4.72 Å². The molecule has 2 rings (SSSR count). The van der Waals surface area contributed by atoms with Crippen molar-refractivity contribution in [1.82, 2.24) is 10.3 Å². The molecule has 6 nitrogen and oxygen atoms in total. The van der Waals surface area contributed by atoms with Gasteiger partial charge in [0.15, 0.2) is 0 Å². The predicted octanol–water partition coefficient (Wildman–Crippen LogP) is 3.23. The van der Waals surface area contributed by atoms with Crippen molar-refractivity contribution in [3.63, 3.8) is 0 Å². The molecule has 0 atom stereocenters. The van der Waals surface area contributed by atoms with Gasteiger partial charge in [0.1, 0.15) is 11.5 Å². The number of pyridine rings is 1. The van der Waals surface area contributed by atoms with E-state index in [1.165, 1.54) is 25.1 Å². The lowest BCUT2D eigenvalue weighted by Gasteiger charge is -2.11. The summed E-state index contributed by atoms with van der Waals surface area (Å²) < 4.78 is 76.8. The molecule has 0 aliphatic heterocycles. The van der Waals surface area contributed by atoms with Crippen LogP contribution in [0.2, 0.25) is 0 Å². The van der Waals surface area contributed by atoms with Crippen LogP contribution < -0.4 is 10.0 Å². The minimum Gasteiger partial charge on any atom is -0.348 e. The molecular weight excluding hydrogens is 438 g/mol. The zero-order valence-corrected chi connectivity index (χ0v) is 17.2. The largest absolute Gasteiger partial charge is 0.433 e. The first-order valence-corrected chi connectivity index (χ1v) is 10.5. The number of halogens is 4. The fourth-order valence-electron chi connectivity index (χ4n) is 2.49. The number of terminal acetylenes is 1. The maximum atomic E-state index is 14.2. The summed E-state index contributed by atoms with van der Waals surface area (Å²) in [5.41, 5.74) is -0.763. The number of carbonyl (C=O) groups excluding carboxylic acids is 1. The van der Waals surface area contributed by atoms with E-state index in [2.05, 4.69) is 16.2 Å². The number of amides is 1. The predicted molar refractivity (Wildman–Crippen MR) is 108 cm³/mol. The number of benzene rings is 1. The number of aromatic nitrogens is 1. The molecule has 0 radical (unpaired) electrons. The first kappa shape index (κ1) is 23.9. The van der Waals surface area contributed by atoms with E-state index in [-0.39, 0.29) is 29.1 Å². The van der Waals surface area contributed by atoms with Crippen LogP contribution in [0, 0.1) is 25.1 Å². The van der Waals surface area contributed by atoms with E-state index in [0.717, 1.165) is 24.5 Å². The number of hydrogen-bond acceptors (Lipinski definition) is 4. The molecule has 2 aromatic rings. The summed E-state index contributed by atoms with van der Waals surface area (Å²) in [6.45, 7) is 1.25. The molecule has 0 saturated carbocycles. The van der Waals surface area contributed by atoms with E-state index in [0.29, 0.717) is 5.56 Å². The Kier molecular flexibility index (Phi) is 7.07. The van der Waals surface area contributed by atoms with Crippen LogP contribution >= 0.6 is 0 Å². The van der Waals surface area contributed by atoms with Crippen molar-refractivity contribution >= 4 is 27.7 Å². The van der Waals surface area contributed by atoms with E-state index < -0.39 is 33.6 Å². The SMILES string of the molecule is C#Cc1cc(CNC(=O)/C=C/c2ccc(C(F)(F)F)nc2C)cc(F)c1NS(C)(=O)=O. The number of nitrogens with zero attached hydrogens (tertiary/aromatic N) is 1. The number of carbonyl (C=O) groups is 1. The first-order chi connectivity index (χ1) is 14.3. The second-order valence-electron chi connectivity index (χ2n) is 6.44. The lowest BCUT2D eigenvalue weighted by atomic mass is 10.1. The lowest BCUT2D eigenvalue weighted by Crippen LogP contribution is -2.21. The molecule has 0 aliphatic rings. The smallest absolute Gasteiger partial charge is 0.348 e. The van der Waals surface area contributed by atoms with Gasteiger partial charge < -0.3 is 5.32 Å². The third-order valence-electron chi connectivity index (χ3n) is 3.89. The summed E-state index contributed by atoms with van der Waals surface area (Å²) in [5, 5.41) is 2.47. The summed E-state index contributed by atoms with van der Waals surface area (Å²) in [6.07, 6.45) is 3.97. The number of aryl methyl sites for hydroxylation is 1. The Hall–Kier alpha value is -3.39. The van der Waals surface area contributed by atoms with Gasteiger partial charge >= 0.3 is 6.18 Å². The molecule has 1 heterocycles. The zero-order valence-electron chi connectivity index (χ0n) is 16.3. The van der Waals surface area contributed by atoms with E-state index in [9.17, 15) is 30.8 Å². The second kappa shape index (κ2) is 9.18.